The molecule has 1 fully saturated rings. The molecule has 2 N–H and O–H groups in total. The van der Waals surface area contributed by atoms with Gasteiger partial charge in [0.1, 0.15) is 11.6 Å². The Morgan fingerprint density at radius 3 is 2.39 bits per heavy atom. The molecule has 1 amide bonds. The van der Waals surface area contributed by atoms with Crippen molar-refractivity contribution < 1.29 is 19.4 Å². The highest BCUT2D eigenvalue weighted by atomic mass is 19.1. The highest BCUT2D eigenvalue weighted by Gasteiger charge is 2.36. The van der Waals surface area contributed by atoms with Crippen molar-refractivity contribution in [3.63, 3.8) is 0 Å². The standard InChI is InChI=1S/C18H18FNO3/c19-14-5-1-13(2-6-14)17(22)9-10-20-16(11-18(20)23)12-3-7-15(21)8-4-12/h1-8,16-17,21-22H,9-11H2/t16-,17+/m1/s1. The van der Waals surface area contributed by atoms with Crippen LogP contribution >= 0.6 is 0 Å². The van der Waals surface area contributed by atoms with Gasteiger partial charge in [-0.2, -0.15) is 0 Å². The maximum Gasteiger partial charge on any atom is 0.225 e. The van der Waals surface area contributed by atoms with Gasteiger partial charge in [-0.15, -0.1) is 0 Å². The van der Waals surface area contributed by atoms with Gasteiger partial charge >= 0.3 is 0 Å². The highest BCUT2D eigenvalue weighted by Crippen LogP contribution is 2.35. The fourth-order valence-corrected chi connectivity index (χ4v) is 2.84. The zero-order chi connectivity index (χ0) is 16.4. The van der Waals surface area contributed by atoms with Crippen LogP contribution in [0.4, 0.5) is 4.39 Å². The normalized spacial score (nSPS) is 18.6. The van der Waals surface area contributed by atoms with E-state index in [1.165, 1.54) is 12.1 Å². The summed E-state index contributed by atoms with van der Waals surface area (Å²) in [5.74, 6) is -0.0988. The minimum Gasteiger partial charge on any atom is -0.508 e. The number of carbonyl (C=O) groups excluding carboxylic acids is 1. The van der Waals surface area contributed by atoms with Crippen molar-refractivity contribution >= 4 is 5.91 Å². The molecule has 0 radical (unpaired) electrons. The van der Waals surface area contributed by atoms with Crippen LogP contribution in [-0.4, -0.2) is 27.6 Å². The second kappa shape index (κ2) is 6.38. The van der Waals surface area contributed by atoms with Crippen LogP contribution < -0.4 is 0 Å². The van der Waals surface area contributed by atoms with Crippen LogP contribution in [0.3, 0.4) is 0 Å². The summed E-state index contributed by atoms with van der Waals surface area (Å²) in [6.07, 6.45) is 0.105. The predicted molar refractivity (Wildman–Crippen MR) is 83.2 cm³/mol. The van der Waals surface area contributed by atoms with E-state index in [2.05, 4.69) is 0 Å². The SMILES string of the molecule is O=C1C[C@H](c2ccc(O)cc2)N1CC[C@H](O)c1ccc(F)cc1. The molecule has 0 aromatic heterocycles. The summed E-state index contributed by atoms with van der Waals surface area (Å²) in [5.41, 5.74) is 1.61. The zero-order valence-corrected chi connectivity index (χ0v) is 12.5. The van der Waals surface area contributed by atoms with Crippen LogP contribution in [0.25, 0.3) is 0 Å². The Labute approximate surface area is 133 Å². The maximum absolute atomic E-state index is 12.9. The molecule has 1 saturated heterocycles. The lowest BCUT2D eigenvalue weighted by atomic mass is 9.93. The number of halogens is 1. The van der Waals surface area contributed by atoms with Gasteiger partial charge in [0.15, 0.2) is 0 Å². The van der Waals surface area contributed by atoms with Gasteiger partial charge in [0.25, 0.3) is 0 Å². The molecular weight excluding hydrogens is 297 g/mol. The molecule has 3 rings (SSSR count). The van der Waals surface area contributed by atoms with Crippen molar-refractivity contribution in [3.05, 3.63) is 65.5 Å². The number of rotatable bonds is 5. The number of phenols is 1. The number of hydrogen-bond acceptors (Lipinski definition) is 3. The van der Waals surface area contributed by atoms with E-state index in [4.69, 9.17) is 0 Å². The van der Waals surface area contributed by atoms with Crippen LogP contribution in [0.2, 0.25) is 0 Å². The highest BCUT2D eigenvalue weighted by molar-refractivity contribution is 5.83. The molecule has 2 aromatic carbocycles. The van der Waals surface area contributed by atoms with Gasteiger partial charge in [-0.3, -0.25) is 4.79 Å². The van der Waals surface area contributed by atoms with E-state index >= 15 is 0 Å². The number of phenolic OH excluding ortho intramolecular Hbond substituents is 1. The van der Waals surface area contributed by atoms with Gasteiger partial charge < -0.3 is 15.1 Å². The van der Waals surface area contributed by atoms with Crippen molar-refractivity contribution in [1.82, 2.24) is 4.90 Å². The predicted octanol–water partition coefficient (Wildman–Crippen LogP) is 2.93. The van der Waals surface area contributed by atoms with Crippen molar-refractivity contribution in [2.24, 2.45) is 0 Å². The van der Waals surface area contributed by atoms with E-state index in [0.29, 0.717) is 24.9 Å². The van der Waals surface area contributed by atoms with Gasteiger partial charge in [-0.05, 0) is 41.8 Å². The third kappa shape index (κ3) is 3.35. The van der Waals surface area contributed by atoms with Crippen LogP contribution in [0.1, 0.15) is 36.1 Å². The first-order valence-electron chi connectivity index (χ1n) is 7.56. The van der Waals surface area contributed by atoms with Crippen molar-refractivity contribution in [1.29, 1.82) is 0 Å². The quantitative estimate of drug-likeness (QED) is 0.834. The van der Waals surface area contributed by atoms with E-state index in [1.807, 2.05) is 0 Å². The Hall–Kier alpha value is -2.40. The van der Waals surface area contributed by atoms with Crippen LogP contribution in [0.15, 0.2) is 48.5 Å². The van der Waals surface area contributed by atoms with Crippen LogP contribution in [0.5, 0.6) is 5.75 Å². The van der Waals surface area contributed by atoms with Gasteiger partial charge in [-0.25, -0.2) is 4.39 Å². The summed E-state index contributed by atoms with van der Waals surface area (Å²) in [7, 11) is 0. The minimum absolute atomic E-state index is 0.0106. The van der Waals surface area contributed by atoms with E-state index in [-0.39, 0.29) is 23.5 Å². The second-order valence-electron chi connectivity index (χ2n) is 5.75. The van der Waals surface area contributed by atoms with Crippen molar-refractivity contribution in [2.75, 3.05) is 6.54 Å². The van der Waals surface area contributed by atoms with Crippen LogP contribution in [0, 0.1) is 5.82 Å². The number of hydrogen-bond donors (Lipinski definition) is 2. The number of carbonyl (C=O) groups is 1. The monoisotopic (exact) mass is 315 g/mol. The van der Waals surface area contributed by atoms with Gasteiger partial charge in [0, 0.05) is 6.54 Å². The van der Waals surface area contributed by atoms with E-state index in [0.717, 1.165) is 5.56 Å². The summed E-state index contributed by atoms with van der Waals surface area (Å²) >= 11 is 0. The third-order valence-corrected chi connectivity index (χ3v) is 4.24. The molecule has 1 heterocycles. The molecule has 0 aliphatic carbocycles. The molecule has 0 spiro atoms. The molecule has 0 unspecified atom stereocenters. The van der Waals surface area contributed by atoms with E-state index in [9.17, 15) is 19.4 Å². The lowest BCUT2D eigenvalue weighted by Crippen LogP contribution is -2.47. The topological polar surface area (TPSA) is 60.8 Å². The van der Waals surface area contributed by atoms with Gasteiger partial charge in [-0.1, -0.05) is 24.3 Å². The summed E-state index contributed by atoms with van der Waals surface area (Å²) in [5, 5.41) is 19.5. The lowest BCUT2D eigenvalue weighted by molar-refractivity contribution is -0.146. The second-order valence-corrected chi connectivity index (χ2v) is 5.75. The summed E-state index contributed by atoms with van der Waals surface area (Å²) in [4.78, 5) is 13.5. The molecule has 4 nitrogen and oxygen atoms in total. The number of likely N-dealkylation sites (tertiary alicyclic amines) is 1. The third-order valence-electron chi connectivity index (χ3n) is 4.24. The van der Waals surface area contributed by atoms with Crippen LogP contribution in [-0.2, 0) is 4.79 Å². The number of benzene rings is 2. The Morgan fingerprint density at radius 2 is 1.78 bits per heavy atom. The molecule has 0 bridgehead atoms. The number of amides is 1. The molecule has 2 atom stereocenters. The number of nitrogens with zero attached hydrogens (tertiary/aromatic N) is 1. The van der Waals surface area contributed by atoms with Gasteiger partial charge in [0.05, 0.1) is 18.6 Å². The Kier molecular flexibility index (Phi) is 4.30. The van der Waals surface area contributed by atoms with Crippen molar-refractivity contribution in [3.8, 4) is 5.75 Å². The Morgan fingerprint density at radius 1 is 1.13 bits per heavy atom. The van der Waals surface area contributed by atoms with Crippen molar-refractivity contribution in [2.45, 2.75) is 25.0 Å². The Bertz CT molecular complexity index is 684. The summed E-state index contributed by atoms with van der Waals surface area (Å²) in [6, 6.07) is 12.5. The summed E-state index contributed by atoms with van der Waals surface area (Å²) < 4.78 is 12.9. The average Bonchev–Trinajstić information content (AvgIpc) is 2.54. The lowest BCUT2D eigenvalue weighted by Gasteiger charge is -2.41. The first kappa shape index (κ1) is 15.5. The fraction of sp³-hybridized carbons (Fsp3) is 0.278. The number of aliphatic hydroxyl groups is 1. The minimum atomic E-state index is -0.732. The molecule has 2 aromatic rings. The average molecular weight is 315 g/mol. The smallest absolute Gasteiger partial charge is 0.225 e. The molecule has 120 valence electrons. The Balaban J connectivity index is 1.61. The zero-order valence-electron chi connectivity index (χ0n) is 12.5. The molecule has 0 saturated carbocycles. The number of aromatic hydroxyl groups is 1. The molecule has 1 aliphatic rings. The fourth-order valence-electron chi connectivity index (χ4n) is 2.84. The largest absolute Gasteiger partial charge is 0.508 e. The molecule has 1 aliphatic heterocycles. The van der Waals surface area contributed by atoms with Gasteiger partial charge in [0.2, 0.25) is 5.91 Å². The number of aliphatic hydroxyl groups excluding tert-OH is 1. The molecule has 23 heavy (non-hydrogen) atoms. The first-order chi connectivity index (χ1) is 11.0. The molecular formula is C18H18FNO3. The maximum atomic E-state index is 12.9. The number of β-lactam (4-membered cyclic amide) rings is 1. The first-order valence-corrected chi connectivity index (χ1v) is 7.56. The van der Waals surface area contributed by atoms with E-state index in [1.54, 1.807) is 41.3 Å². The summed E-state index contributed by atoms with van der Waals surface area (Å²) in [6.45, 7) is 0.433. The van der Waals surface area contributed by atoms with E-state index < -0.39 is 6.10 Å². The molecule has 5 heteroatoms.